The van der Waals surface area contributed by atoms with E-state index in [2.05, 4.69) is 10.4 Å². The maximum absolute atomic E-state index is 12.2. The van der Waals surface area contributed by atoms with Gasteiger partial charge < -0.3 is 10.2 Å². The zero-order valence-corrected chi connectivity index (χ0v) is 14.7. The van der Waals surface area contributed by atoms with Crippen molar-refractivity contribution in [2.45, 2.75) is 6.54 Å². The van der Waals surface area contributed by atoms with E-state index in [1.165, 1.54) is 4.90 Å². The highest BCUT2D eigenvalue weighted by Gasteiger charge is 2.09. The molecule has 2 aromatic carbocycles. The number of hydrogen-bond acceptors (Lipinski definition) is 3. The minimum atomic E-state index is -0.181. The summed E-state index contributed by atoms with van der Waals surface area (Å²) in [6.07, 6.45) is 1.78. The molecule has 0 aliphatic carbocycles. The number of aromatic nitrogens is 2. The average molecular weight is 348 g/mol. The van der Waals surface area contributed by atoms with Crippen LogP contribution >= 0.6 is 0 Å². The van der Waals surface area contributed by atoms with E-state index in [-0.39, 0.29) is 18.4 Å². The quantitative estimate of drug-likeness (QED) is 0.771. The number of carbonyl (C=O) groups is 2. The average Bonchev–Trinajstić information content (AvgIpc) is 3.10. The first kappa shape index (κ1) is 17.4. The monoisotopic (exact) mass is 348 g/mol. The molecule has 0 aliphatic heterocycles. The van der Waals surface area contributed by atoms with E-state index in [1.807, 2.05) is 36.4 Å². The zero-order chi connectivity index (χ0) is 18.5. The van der Waals surface area contributed by atoms with Gasteiger partial charge in [0.25, 0.3) is 5.91 Å². The Hall–Kier alpha value is -3.41. The molecule has 26 heavy (non-hydrogen) atoms. The van der Waals surface area contributed by atoms with Gasteiger partial charge in [-0.25, -0.2) is 0 Å². The predicted octanol–water partition coefficient (Wildman–Crippen LogP) is 2.89. The normalized spacial score (nSPS) is 10.4. The Morgan fingerprint density at radius 2 is 1.69 bits per heavy atom. The van der Waals surface area contributed by atoms with Crippen molar-refractivity contribution in [3.8, 4) is 11.3 Å². The maximum atomic E-state index is 12.2. The number of carbonyl (C=O) groups excluding carboxylic acids is 2. The molecule has 0 saturated heterocycles. The van der Waals surface area contributed by atoms with Crippen LogP contribution in [0.15, 0.2) is 66.9 Å². The molecule has 3 aromatic rings. The second-order valence-electron chi connectivity index (χ2n) is 6.09. The highest BCUT2D eigenvalue weighted by molar-refractivity contribution is 5.95. The van der Waals surface area contributed by atoms with Crippen molar-refractivity contribution < 1.29 is 9.59 Å². The summed E-state index contributed by atoms with van der Waals surface area (Å²) in [5, 5.41) is 7.23. The third-order valence-corrected chi connectivity index (χ3v) is 3.84. The van der Waals surface area contributed by atoms with Crippen molar-refractivity contribution in [1.29, 1.82) is 0 Å². The van der Waals surface area contributed by atoms with Gasteiger partial charge in [-0.15, -0.1) is 0 Å². The number of hydrogen-bond donors (Lipinski definition) is 1. The van der Waals surface area contributed by atoms with E-state index < -0.39 is 0 Å². The summed E-state index contributed by atoms with van der Waals surface area (Å²) in [6, 6.07) is 18.5. The van der Waals surface area contributed by atoms with Crippen molar-refractivity contribution in [3.05, 3.63) is 72.4 Å². The Labute approximate surface area is 152 Å². The number of rotatable bonds is 5. The van der Waals surface area contributed by atoms with E-state index >= 15 is 0 Å². The van der Waals surface area contributed by atoms with E-state index in [0.717, 1.165) is 11.3 Å². The fraction of sp³-hybridized carbons (Fsp3) is 0.150. The molecule has 6 heteroatoms. The molecule has 0 radical (unpaired) electrons. The largest absolute Gasteiger partial charge is 0.345 e. The van der Waals surface area contributed by atoms with Gasteiger partial charge >= 0.3 is 0 Å². The Morgan fingerprint density at radius 1 is 1.00 bits per heavy atom. The molecule has 1 heterocycles. The van der Waals surface area contributed by atoms with Crippen LogP contribution in [0, 0.1) is 0 Å². The van der Waals surface area contributed by atoms with Crippen LogP contribution in [0.2, 0.25) is 0 Å². The number of anilines is 1. The Kier molecular flexibility index (Phi) is 5.12. The summed E-state index contributed by atoms with van der Waals surface area (Å²) in [7, 11) is 3.40. The Balaban J connectivity index is 1.61. The third kappa shape index (κ3) is 4.16. The first-order chi connectivity index (χ1) is 12.5. The second kappa shape index (κ2) is 7.65. The third-order valence-electron chi connectivity index (χ3n) is 3.84. The van der Waals surface area contributed by atoms with Crippen LogP contribution in [-0.2, 0) is 11.3 Å². The van der Waals surface area contributed by atoms with Crippen molar-refractivity contribution in [3.63, 3.8) is 0 Å². The van der Waals surface area contributed by atoms with Gasteiger partial charge in [-0.3, -0.25) is 14.3 Å². The molecule has 0 saturated carbocycles. The lowest BCUT2D eigenvalue weighted by atomic mass is 10.2. The molecule has 3 rings (SSSR count). The van der Waals surface area contributed by atoms with Gasteiger partial charge in [0.2, 0.25) is 5.91 Å². The Morgan fingerprint density at radius 3 is 2.35 bits per heavy atom. The van der Waals surface area contributed by atoms with E-state index in [4.69, 9.17) is 0 Å². The molecule has 0 fully saturated rings. The van der Waals surface area contributed by atoms with Crippen molar-refractivity contribution in [2.75, 3.05) is 19.4 Å². The first-order valence-electron chi connectivity index (χ1n) is 8.23. The SMILES string of the molecule is CN(C)C(=O)c1ccc(NC(=O)Cn2ccc(-c3ccccc3)n2)cc1. The molecule has 2 amide bonds. The lowest BCUT2D eigenvalue weighted by Crippen LogP contribution is -2.22. The molecule has 1 N–H and O–H groups in total. The van der Waals surface area contributed by atoms with E-state index in [0.29, 0.717) is 11.3 Å². The van der Waals surface area contributed by atoms with Crippen LogP contribution in [0.5, 0.6) is 0 Å². The minimum Gasteiger partial charge on any atom is -0.345 e. The van der Waals surface area contributed by atoms with Gasteiger partial charge in [-0.2, -0.15) is 5.10 Å². The molecule has 132 valence electrons. The fourth-order valence-corrected chi connectivity index (χ4v) is 2.51. The van der Waals surface area contributed by atoms with Crippen LogP contribution in [-0.4, -0.2) is 40.6 Å². The highest BCUT2D eigenvalue weighted by Crippen LogP contribution is 2.16. The summed E-state index contributed by atoms with van der Waals surface area (Å²) in [6.45, 7) is 0.116. The smallest absolute Gasteiger partial charge is 0.253 e. The zero-order valence-electron chi connectivity index (χ0n) is 14.7. The van der Waals surface area contributed by atoms with Crippen LogP contribution in [0.4, 0.5) is 5.69 Å². The summed E-state index contributed by atoms with van der Waals surface area (Å²) >= 11 is 0. The van der Waals surface area contributed by atoms with Crippen molar-refractivity contribution >= 4 is 17.5 Å². The van der Waals surface area contributed by atoms with Gasteiger partial charge in [0, 0.05) is 37.1 Å². The molecule has 6 nitrogen and oxygen atoms in total. The topological polar surface area (TPSA) is 67.2 Å². The van der Waals surface area contributed by atoms with Crippen LogP contribution in [0.25, 0.3) is 11.3 Å². The maximum Gasteiger partial charge on any atom is 0.253 e. The molecule has 1 aromatic heterocycles. The van der Waals surface area contributed by atoms with Crippen LogP contribution in [0.1, 0.15) is 10.4 Å². The van der Waals surface area contributed by atoms with Crippen molar-refractivity contribution in [2.24, 2.45) is 0 Å². The second-order valence-corrected chi connectivity index (χ2v) is 6.09. The molecule has 0 spiro atoms. The van der Waals surface area contributed by atoms with Gasteiger partial charge in [-0.05, 0) is 30.3 Å². The van der Waals surface area contributed by atoms with E-state index in [1.54, 1.807) is 49.2 Å². The van der Waals surface area contributed by atoms with Gasteiger partial charge in [-0.1, -0.05) is 30.3 Å². The molecule has 0 bridgehead atoms. The first-order valence-corrected chi connectivity index (χ1v) is 8.23. The fourth-order valence-electron chi connectivity index (χ4n) is 2.51. The minimum absolute atomic E-state index is 0.0761. The number of amides is 2. The number of benzene rings is 2. The van der Waals surface area contributed by atoms with Crippen LogP contribution < -0.4 is 5.32 Å². The number of nitrogens with one attached hydrogen (secondary N) is 1. The van der Waals surface area contributed by atoms with Crippen LogP contribution in [0.3, 0.4) is 0 Å². The standard InChI is InChI=1S/C20H20N4O2/c1-23(2)20(26)16-8-10-17(11-9-16)21-19(25)14-24-13-12-18(22-24)15-6-4-3-5-7-15/h3-13H,14H2,1-2H3,(H,21,25). The summed E-state index contributed by atoms with van der Waals surface area (Å²) in [5.74, 6) is -0.257. The molecule has 0 aliphatic rings. The summed E-state index contributed by atoms with van der Waals surface area (Å²) < 4.78 is 1.60. The Bertz CT molecular complexity index is 899. The molecular formula is C20H20N4O2. The number of nitrogens with zero attached hydrogens (tertiary/aromatic N) is 3. The molecular weight excluding hydrogens is 328 g/mol. The lowest BCUT2D eigenvalue weighted by molar-refractivity contribution is -0.116. The summed E-state index contributed by atoms with van der Waals surface area (Å²) in [4.78, 5) is 25.6. The van der Waals surface area contributed by atoms with Crippen molar-refractivity contribution in [1.82, 2.24) is 14.7 Å². The van der Waals surface area contributed by atoms with Gasteiger partial charge in [0.05, 0.1) is 5.69 Å². The highest BCUT2D eigenvalue weighted by atomic mass is 16.2. The van der Waals surface area contributed by atoms with E-state index in [9.17, 15) is 9.59 Å². The predicted molar refractivity (Wildman–Crippen MR) is 101 cm³/mol. The summed E-state index contributed by atoms with van der Waals surface area (Å²) in [5.41, 5.74) is 3.05. The van der Waals surface area contributed by atoms with Gasteiger partial charge in [0.1, 0.15) is 6.54 Å². The lowest BCUT2D eigenvalue weighted by Gasteiger charge is -2.11. The van der Waals surface area contributed by atoms with Gasteiger partial charge in [0.15, 0.2) is 0 Å². The molecule has 0 atom stereocenters. The molecule has 0 unspecified atom stereocenters.